The van der Waals surface area contributed by atoms with E-state index < -0.39 is 18.7 Å². The third-order valence-electron chi connectivity index (χ3n) is 5.21. The van der Waals surface area contributed by atoms with Crippen LogP contribution in [0.1, 0.15) is 58.1 Å². The Morgan fingerprint density at radius 1 is 1.28 bits per heavy atom. The molecule has 0 radical (unpaired) electrons. The number of halogens is 3. The predicted octanol–water partition coefficient (Wildman–Crippen LogP) is 5.51. The summed E-state index contributed by atoms with van der Waals surface area (Å²) in [5, 5.41) is 20.0. The Balaban J connectivity index is 0.000000944. The summed E-state index contributed by atoms with van der Waals surface area (Å²) >= 11 is 0. The van der Waals surface area contributed by atoms with Gasteiger partial charge in [-0.3, -0.25) is 0 Å². The van der Waals surface area contributed by atoms with Crippen LogP contribution in [0.2, 0.25) is 0 Å². The lowest BCUT2D eigenvalue weighted by molar-refractivity contribution is 0.149. The largest absolute Gasteiger partial charge is 0.397 e. The third-order valence-corrected chi connectivity index (χ3v) is 5.21. The van der Waals surface area contributed by atoms with Crippen LogP contribution in [-0.4, -0.2) is 36.8 Å². The van der Waals surface area contributed by atoms with Gasteiger partial charge >= 0.3 is 0 Å². The number of aliphatic hydroxyl groups excluding tert-OH is 1. The van der Waals surface area contributed by atoms with Gasteiger partial charge in [0.1, 0.15) is 5.82 Å². The molecule has 0 saturated heterocycles. The van der Waals surface area contributed by atoms with Crippen LogP contribution >= 0.6 is 0 Å². The molecule has 32 heavy (non-hydrogen) atoms. The topological polar surface area (TPSA) is 59.3 Å². The Kier molecular flexibility index (Phi) is 12.6. The normalized spacial score (nSPS) is 17.0. The summed E-state index contributed by atoms with van der Waals surface area (Å²) in [7, 11) is 0. The smallest absolute Gasteiger partial charge is 0.242 e. The maximum absolute atomic E-state index is 14.7. The molecule has 1 atom stereocenters. The van der Waals surface area contributed by atoms with Crippen LogP contribution in [0.3, 0.4) is 0 Å². The molecule has 1 aromatic carbocycles. The quantitative estimate of drug-likeness (QED) is 0.574. The van der Waals surface area contributed by atoms with Crippen molar-refractivity contribution in [1.29, 1.82) is 5.26 Å². The fourth-order valence-electron chi connectivity index (χ4n) is 3.56. The second-order valence-corrected chi connectivity index (χ2v) is 7.58. The summed E-state index contributed by atoms with van der Waals surface area (Å²) in [6.07, 6.45) is 6.00. The van der Waals surface area contributed by atoms with E-state index in [0.717, 1.165) is 30.9 Å². The van der Waals surface area contributed by atoms with Crippen molar-refractivity contribution in [3.8, 4) is 6.07 Å². The van der Waals surface area contributed by atoms with Gasteiger partial charge in [-0.2, -0.15) is 5.26 Å². The zero-order chi connectivity index (χ0) is 24.1. The maximum Gasteiger partial charge on any atom is 0.242 e. The number of hydrogen-bond acceptors (Lipinski definition) is 4. The first kappa shape index (κ1) is 27.6. The van der Waals surface area contributed by atoms with Crippen molar-refractivity contribution in [2.75, 3.05) is 18.1 Å². The first-order chi connectivity index (χ1) is 15.4. The van der Waals surface area contributed by atoms with E-state index in [-0.39, 0.29) is 30.7 Å². The summed E-state index contributed by atoms with van der Waals surface area (Å²) in [4.78, 5) is 2.10. The number of nitrogens with one attached hydrogen (secondary N) is 1. The highest BCUT2D eigenvalue weighted by Crippen LogP contribution is 2.34. The number of benzene rings is 1. The lowest BCUT2D eigenvalue weighted by atomic mass is 9.89. The first-order valence-electron chi connectivity index (χ1n) is 11.3. The van der Waals surface area contributed by atoms with E-state index in [2.05, 4.69) is 16.3 Å². The van der Waals surface area contributed by atoms with E-state index in [1.165, 1.54) is 0 Å². The molecule has 0 aromatic heterocycles. The Labute approximate surface area is 190 Å². The van der Waals surface area contributed by atoms with Gasteiger partial charge in [0.25, 0.3) is 0 Å². The van der Waals surface area contributed by atoms with Gasteiger partial charge in [-0.05, 0) is 62.6 Å². The summed E-state index contributed by atoms with van der Waals surface area (Å²) in [6, 6.07) is 5.09. The molecule has 1 fully saturated rings. The van der Waals surface area contributed by atoms with Crippen molar-refractivity contribution < 1.29 is 18.3 Å². The van der Waals surface area contributed by atoms with Crippen molar-refractivity contribution in [2.45, 2.75) is 78.3 Å². The van der Waals surface area contributed by atoms with Crippen LogP contribution in [0.4, 0.5) is 18.9 Å². The number of aliphatic hydroxyl groups is 1. The average molecular weight is 452 g/mol. The lowest BCUT2D eigenvalue weighted by Crippen LogP contribution is -2.47. The van der Waals surface area contributed by atoms with Crippen LogP contribution in [0, 0.1) is 17.1 Å². The number of anilines is 1. The Morgan fingerprint density at radius 3 is 2.41 bits per heavy atom. The van der Waals surface area contributed by atoms with Crippen molar-refractivity contribution in [3.63, 3.8) is 0 Å². The minimum absolute atomic E-state index is 0.0473. The van der Waals surface area contributed by atoms with Gasteiger partial charge in [-0.25, -0.2) is 13.2 Å². The van der Waals surface area contributed by atoms with Gasteiger partial charge in [-0.15, -0.1) is 0 Å². The molecule has 3 rings (SSSR count). The molecule has 1 aliphatic heterocycles. The average Bonchev–Trinajstić information content (AvgIpc) is 2.71. The summed E-state index contributed by atoms with van der Waals surface area (Å²) in [5.74, 6) is -0.572. The Bertz CT molecular complexity index is 798. The summed E-state index contributed by atoms with van der Waals surface area (Å²) < 4.78 is 40.4. The van der Waals surface area contributed by atoms with Gasteiger partial charge in [0.2, 0.25) is 6.43 Å². The minimum Gasteiger partial charge on any atom is -0.397 e. The van der Waals surface area contributed by atoms with E-state index in [9.17, 15) is 13.2 Å². The molecule has 1 saturated carbocycles. The van der Waals surface area contributed by atoms with E-state index in [1.54, 1.807) is 13.0 Å². The molecule has 0 bridgehead atoms. The van der Waals surface area contributed by atoms with E-state index in [1.807, 2.05) is 39.1 Å². The number of allylic oxidation sites excluding steroid dienone is 2. The molecule has 1 aliphatic carbocycles. The molecule has 1 heterocycles. The molecule has 1 unspecified atom stereocenters. The van der Waals surface area contributed by atoms with Gasteiger partial charge in [0.15, 0.2) is 0 Å². The minimum atomic E-state index is -2.53. The molecule has 0 spiro atoms. The van der Waals surface area contributed by atoms with Crippen molar-refractivity contribution in [2.24, 2.45) is 0 Å². The molecular formula is C25H36F3N3O. The highest BCUT2D eigenvalue weighted by molar-refractivity contribution is 5.59. The van der Waals surface area contributed by atoms with E-state index in [4.69, 9.17) is 10.4 Å². The lowest BCUT2D eigenvalue weighted by Gasteiger charge is -2.42. The fraction of sp³-hybridized carbons (Fsp3) is 0.560. The molecule has 7 heteroatoms. The van der Waals surface area contributed by atoms with Crippen molar-refractivity contribution >= 4 is 5.69 Å². The van der Waals surface area contributed by atoms with Crippen LogP contribution in [-0.2, 0) is 12.8 Å². The standard InChI is InChI=1S/C21H24F3N3.C2H6O.C2H6/c1-14-5-6-16(26-12-14)13-27(17-3-2-4-17)20-10-15(11-21(23)24)9-19(22)18(20)7-8-25;1-2-3;1-2/h5-6,9-10,12,16-17,21,26H,2-4,7,11,13H2,1H3;3H,2H2,1H3;1-2H3. The van der Waals surface area contributed by atoms with Crippen LogP contribution < -0.4 is 10.2 Å². The van der Waals surface area contributed by atoms with Crippen molar-refractivity contribution in [1.82, 2.24) is 5.32 Å². The molecule has 4 nitrogen and oxygen atoms in total. The number of dihydropyridines is 1. The Hall–Kier alpha value is -2.46. The summed E-state index contributed by atoms with van der Waals surface area (Å²) in [6.45, 7) is 8.53. The van der Waals surface area contributed by atoms with Crippen LogP contribution in [0.15, 0.2) is 36.1 Å². The molecule has 2 N–H and O–H groups in total. The molecule has 1 aromatic rings. The van der Waals surface area contributed by atoms with E-state index in [0.29, 0.717) is 17.8 Å². The molecule has 178 valence electrons. The van der Waals surface area contributed by atoms with Crippen LogP contribution in [0.5, 0.6) is 0 Å². The number of hydrogen-bond donors (Lipinski definition) is 2. The first-order valence-corrected chi connectivity index (χ1v) is 11.3. The number of rotatable bonds is 7. The fourth-order valence-corrected chi connectivity index (χ4v) is 3.56. The second-order valence-electron chi connectivity index (χ2n) is 7.58. The zero-order valence-electron chi connectivity index (χ0n) is 19.5. The van der Waals surface area contributed by atoms with Gasteiger partial charge in [-0.1, -0.05) is 26.0 Å². The zero-order valence-corrected chi connectivity index (χ0v) is 19.5. The molecule has 0 amide bonds. The monoisotopic (exact) mass is 451 g/mol. The predicted molar refractivity (Wildman–Crippen MR) is 124 cm³/mol. The number of nitriles is 1. The summed E-state index contributed by atoms with van der Waals surface area (Å²) in [5.41, 5.74) is 2.27. The SMILES string of the molecule is CC.CC1=CNC(CN(c2cc(CC(F)F)cc(F)c2CC#N)C2CCC2)C=C1.CCO. The van der Waals surface area contributed by atoms with Gasteiger partial charge in [0.05, 0.1) is 18.5 Å². The number of nitrogens with zero attached hydrogens (tertiary/aromatic N) is 2. The maximum atomic E-state index is 14.7. The van der Waals surface area contributed by atoms with Crippen LogP contribution in [0.25, 0.3) is 0 Å². The van der Waals surface area contributed by atoms with E-state index >= 15 is 0 Å². The molecular weight excluding hydrogens is 415 g/mol. The van der Waals surface area contributed by atoms with Gasteiger partial charge < -0.3 is 15.3 Å². The Morgan fingerprint density at radius 2 is 1.94 bits per heavy atom. The molecule has 2 aliphatic rings. The van der Waals surface area contributed by atoms with Crippen molar-refractivity contribution in [3.05, 3.63) is 53.0 Å². The highest BCUT2D eigenvalue weighted by Gasteiger charge is 2.29. The van der Waals surface area contributed by atoms with Gasteiger partial charge in [0, 0.05) is 36.9 Å². The number of alkyl halides is 2. The third kappa shape index (κ3) is 8.23. The second kappa shape index (κ2) is 14.6. The highest BCUT2D eigenvalue weighted by atomic mass is 19.3.